The number of oxazole rings is 1. The minimum absolute atomic E-state index is 0.0497. The number of rotatable bonds is 5. The Morgan fingerprint density at radius 3 is 2.84 bits per heavy atom. The van der Waals surface area contributed by atoms with E-state index in [4.69, 9.17) is 9.15 Å². The fraction of sp³-hybridized carbons (Fsp3) is 0.348. The monoisotopic (exact) mass is 425 g/mol. The Morgan fingerprint density at radius 1 is 1.26 bits per heavy atom. The van der Waals surface area contributed by atoms with Gasteiger partial charge in [-0.2, -0.15) is 0 Å². The van der Waals surface area contributed by atoms with E-state index in [1.165, 1.54) is 29.5 Å². The summed E-state index contributed by atoms with van der Waals surface area (Å²) in [5.41, 5.74) is 1.09. The number of aryl methyl sites for hydroxylation is 1. The fourth-order valence-electron chi connectivity index (χ4n) is 4.81. The average molecular weight is 425 g/mol. The zero-order chi connectivity index (χ0) is 21.5. The van der Waals surface area contributed by atoms with Gasteiger partial charge in [0.2, 0.25) is 11.8 Å². The number of hydrogen-bond acceptors (Lipinski definition) is 5. The van der Waals surface area contributed by atoms with Gasteiger partial charge in [-0.3, -0.25) is 4.79 Å². The molecule has 0 spiro atoms. The summed E-state index contributed by atoms with van der Waals surface area (Å²) >= 11 is 0. The number of amides is 1. The number of alkyl halides is 1. The topological polar surface area (TPSA) is 68.5 Å². The molecule has 8 heteroatoms. The molecule has 2 aromatic heterocycles. The molecule has 3 aromatic rings. The molecule has 1 aliphatic carbocycles. The van der Waals surface area contributed by atoms with Gasteiger partial charge < -0.3 is 14.1 Å². The van der Waals surface area contributed by atoms with Crippen LogP contribution < -0.4 is 4.74 Å². The number of carbonyl (C=O) groups is 1. The summed E-state index contributed by atoms with van der Waals surface area (Å²) in [7, 11) is 0. The number of halogens is 2. The van der Waals surface area contributed by atoms with Gasteiger partial charge in [-0.05, 0) is 43.4 Å². The Bertz CT molecular complexity index is 1090. The lowest BCUT2D eigenvalue weighted by Crippen LogP contribution is -2.53. The number of carbonyl (C=O) groups excluding carboxylic acids is 1. The van der Waals surface area contributed by atoms with Crippen LogP contribution in [0.25, 0.3) is 11.5 Å². The van der Waals surface area contributed by atoms with E-state index in [0.717, 1.165) is 5.56 Å². The molecular formula is C23H21F2N3O3. The van der Waals surface area contributed by atoms with Crippen LogP contribution in [0, 0.1) is 18.7 Å². The van der Waals surface area contributed by atoms with Gasteiger partial charge in [0.05, 0.1) is 29.4 Å². The summed E-state index contributed by atoms with van der Waals surface area (Å²) in [6.45, 7) is 1.24. The van der Waals surface area contributed by atoms with E-state index in [0.29, 0.717) is 18.7 Å². The maximum absolute atomic E-state index is 14.8. The van der Waals surface area contributed by atoms with Crippen molar-refractivity contribution in [2.75, 3.05) is 6.67 Å². The van der Waals surface area contributed by atoms with Gasteiger partial charge in [-0.1, -0.05) is 12.1 Å². The van der Waals surface area contributed by atoms with E-state index in [9.17, 15) is 13.6 Å². The van der Waals surface area contributed by atoms with Gasteiger partial charge in [0, 0.05) is 12.3 Å². The van der Waals surface area contributed by atoms with Crippen LogP contribution in [0.4, 0.5) is 8.78 Å². The van der Waals surface area contributed by atoms with Gasteiger partial charge in [0.1, 0.15) is 24.9 Å². The largest absolute Gasteiger partial charge is 0.472 e. The lowest BCUT2D eigenvalue weighted by atomic mass is 9.96. The predicted molar refractivity (Wildman–Crippen MR) is 108 cm³/mol. The molecule has 6 nitrogen and oxygen atoms in total. The Kier molecular flexibility index (Phi) is 4.92. The lowest BCUT2D eigenvalue weighted by Gasteiger charge is -2.38. The molecule has 2 aliphatic rings. The van der Waals surface area contributed by atoms with Crippen LogP contribution in [0.2, 0.25) is 0 Å². The second kappa shape index (κ2) is 7.76. The Labute approximate surface area is 177 Å². The highest BCUT2D eigenvalue weighted by molar-refractivity contribution is 6.01. The highest BCUT2D eigenvalue weighted by Gasteiger charge is 2.55. The Morgan fingerprint density at radius 2 is 2.13 bits per heavy atom. The molecular weight excluding hydrogens is 404 g/mol. The molecule has 2 bridgehead atoms. The first-order chi connectivity index (χ1) is 15.1. The van der Waals surface area contributed by atoms with Crippen molar-refractivity contribution >= 4 is 5.91 Å². The van der Waals surface area contributed by atoms with Crippen molar-refractivity contribution < 1.29 is 22.7 Å². The van der Waals surface area contributed by atoms with Crippen molar-refractivity contribution in [3.05, 3.63) is 65.9 Å². The van der Waals surface area contributed by atoms with Crippen molar-refractivity contribution in [2.24, 2.45) is 5.92 Å². The molecule has 31 heavy (non-hydrogen) atoms. The van der Waals surface area contributed by atoms with E-state index in [1.807, 2.05) is 13.0 Å². The number of pyridine rings is 1. The van der Waals surface area contributed by atoms with Crippen LogP contribution in [0.5, 0.6) is 5.88 Å². The van der Waals surface area contributed by atoms with E-state index >= 15 is 0 Å². The third-order valence-electron chi connectivity index (χ3n) is 6.21. The number of fused-ring (bicyclic) bond motifs is 2. The first-order valence-electron chi connectivity index (χ1n) is 10.2. The molecule has 4 atom stereocenters. The standard InChI is InChI=1S/C23H21F2N3O3/c1-13-5-6-20(27-12-13)31-19-10-14-9-17(19)28(18(14)11-24)23(29)21-15(3-2-4-16(21)25)22-26-7-8-30-22/h2-8,12,14,17-19H,9-11H2,1H3. The molecule has 1 aliphatic heterocycles. The molecule has 1 saturated heterocycles. The van der Waals surface area contributed by atoms with Crippen LogP contribution in [0.15, 0.2) is 53.4 Å². The highest BCUT2D eigenvalue weighted by Crippen LogP contribution is 2.45. The number of hydrogen-bond donors (Lipinski definition) is 0. The summed E-state index contributed by atoms with van der Waals surface area (Å²) in [4.78, 5) is 23.3. The number of aromatic nitrogens is 2. The van der Waals surface area contributed by atoms with Crippen LogP contribution in [0.3, 0.4) is 0 Å². The highest BCUT2D eigenvalue weighted by atomic mass is 19.1. The molecule has 1 aromatic carbocycles. The zero-order valence-corrected chi connectivity index (χ0v) is 16.9. The third kappa shape index (κ3) is 3.36. The van der Waals surface area contributed by atoms with Crippen molar-refractivity contribution in [3.63, 3.8) is 0 Å². The average Bonchev–Trinajstić information content (AvgIpc) is 3.51. The second-order valence-corrected chi connectivity index (χ2v) is 8.06. The summed E-state index contributed by atoms with van der Waals surface area (Å²) < 4.78 is 40.2. The van der Waals surface area contributed by atoms with Crippen molar-refractivity contribution in [1.82, 2.24) is 14.9 Å². The summed E-state index contributed by atoms with van der Waals surface area (Å²) in [5.74, 6) is -0.726. The maximum atomic E-state index is 14.8. The van der Waals surface area contributed by atoms with Crippen molar-refractivity contribution in [1.29, 1.82) is 0 Å². The summed E-state index contributed by atoms with van der Waals surface area (Å²) in [5, 5.41) is 0. The number of benzene rings is 1. The van der Waals surface area contributed by atoms with E-state index < -0.39 is 24.4 Å². The maximum Gasteiger partial charge on any atom is 0.258 e. The Hall–Kier alpha value is -3.29. The molecule has 0 N–H and O–H groups in total. The smallest absolute Gasteiger partial charge is 0.258 e. The molecule has 3 heterocycles. The number of likely N-dealkylation sites (tertiary alicyclic amines) is 1. The van der Waals surface area contributed by atoms with Gasteiger partial charge in [0.15, 0.2) is 0 Å². The van der Waals surface area contributed by atoms with Gasteiger partial charge in [-0.15, -0.1) is 0 Å². The van der Waals surface area contributed by atoms with Gasteiger partial charge >= 0.3 is 0 Å². The van der Waals surface area contributed by atoms with Gasteiger partial charge in [0.25, 0.3) is 5.91 Å². The second-order valence-electron chi connectivity index (χ2n) is 8.06. The Balaban J connectivity index is 1.48. The molecule has 1 saturated carbocycles. The molecule has 5 rings (SSSR count). The zero-order valence-electron chi connectivity index (χ0n) is 16.9. The molecule has 4 unspecified atom stereocenters. The minimum atomic E-state index is -0.696. The van der Waals surface area contributed by atoms with E-state index in [1.54, 1.807) is 18.3 Å². The first-order valence-corrected chi connectivity index (χ1v) is 10.2. The van der Waals surface area contributed by atoms with Crippen LogP contribution >= 0.6 is 0 Å². The van der Waals surface area contributed by atoms with Crippen LogP contribution in [0.1, 0.15) is 28.8 Å². The normalized spacial score (nSPS) is 24.5. The molecule has 1 amide bonds. The fourth-order valence-corrected chi connectivity index (χ4v) is 4.81. The van der Waals surface area contributed by atoms with Crippen LogP contribution in [-0.2, 0) is 0 Å². The number of piperidine rings is 1. The minimum Gasteiger partial charge on any atom is -0.472 e. The van der Waals surface area contributed by atoms with Crippen LogP contribution in [-0.4, -0.2) is 45.6 Å². The van der Waals surface area contributed by atoms with Crippen molar-refractivity contribution in [2.45, 2.75) is 38.0 Å². The predicted octanol–water partition coefficient (Wildman–Crippen LogP) is 4.20. The number of ether oxygens (including phenoxy) is 1. The van der Waals surface area contributed by atoms with E-state index in [2.05, 4.69) is 9.97 Å². The van der Waals surface area contributed by atoms with E-state index in [-0.39, 0.29) is 35.1 Å². The van der Waals surface area contributed by atoms with Crippen molar-refractivity contribution in [3.8, 4) is 17.3 Å². The summed E-state index contributed by atoms with van der Waals surface area (Å²) in [6.07, 6.45) is 5.40. The lowest BCUT2D eigenvalue weighted by molar-refractivity contribution is 0.0226. The molecule has 0 radical (unpaired) electrons. The molecule has 160 valence electrons. The summed E-state index contributed by atoms with van der Waals surface area (Å²) in [6, 6.07) is 6.97. The molecule has 2 fully saturated rings. The number of nitrogens with zero attached hydrogens (tertiary/aromatic N) is 3. The quantitative estimate of drug-likeness (QED) is 0.613. The first kappa shape index (κ1) is 19.7. The third-order valence-corrected chi connectivity index (χ3v) is 6.21. The SMILES string of the molecule is Cc1ccc(OC2CC3CC2N(C(=O)c2c(F)cccc2-c2ncco2)C3CF)nc1. The van der Waals surface area contributed by atoms with Gasteiger partial charge in [-0.25, -0.2) is 18.7 Å².